The smallest absolute Gasteiger partial charge is 0.115 e. The minimum Gasteiger partial charge on any atom is -0.508 e. The molecule has 1 aromatic heterocycles. The van der Waals surface area contributed by atoms with Crippen LogP contribution in [0.3, 0.4) is 0 Å². The van der Waals surface area contributed by atoms with E-state index in [1.807, 2.05) is 40.1 Å². The maximum Gasteiger partial charge on any atom is 0.115 e. The molecule has 0 unspecified atom stereocenters. The third kappa shape index (κ3) is 2.91. The van der Waals surface area contributed by atoms with Crippen LogP contribution < -0.4 is 5.01 Å². The molecule has 0 aliphatic rings. The molecule has 0 bridgehead atoms. The largest absolute Gasteiger partial charge is 0.508 e. The fourth-order valence-corrected chi connectivity index (χ4v) is 2.18. The molecule has 5 nitrogen and oxygen atoms in total. The summed E-state index contributed by atoms with van der Waals surface area (Å²) in [5, 5.41) is 20.3. The monoisotopic (exact) mass is 290 g/mol. The van der Waals surface area contributed by atoms with E-state index in [2.05, 4.69) is 11.1 Å². The highest BCUT2D eigenvalue weighted by molar-refractivity contribution is 5.50. The molecule has 3 aromatic rings. The molecule has 0 spiro atoms. The van der Waals surface area contributed by atoms with Gasteiger partial charge in [-0.15, -0.1) is 0 Å². The quantitative estimate of drug-likeness (QED) is 0.802. The highest BCUT2D eigenvalue weighted by atomic mass is 16.3. The second kappa shape index (κ2) is 6.02. The molecule has 0 radical (unpaired) electrons. The van der Waals surface area contributed by atoms with Crippen LogP contribution in [-0.4, -0.2) is 14.8 Å². The van der Waals surface area contributed by atoms with Gasteiger partial charge in [-0.25, -0.2) is 9.66 Å². The van der Waals surface area contributed by atoms with E-state index in [9.17, 15) is 5.11 Å². The Hall–Kier alpha value is -3.26. The number of phenolic OH excluding ortho intramolecular Hbond substituents is 1. The Morgan fingerprint density at radius 3 is 2.41 bits per heavy atom. The molecule has 0 atom stereocenters. The van der Waals surface area contributed by atoms with Crippen LogP contribution in [0.25, 0.3) is 0 Å². The first-order chi connectivity index (χ1) is 10.8. The Morgan fingerprint density at radius 2 is 1.82 bits per heavy atom. The van der Waals surface area contributed by atoms with Gasteiger partial charge in [0.2, 0.25) is 0 Å². The summed E-state index contributed by atoms with van der Waals surface area (Å²) < 4.78 is 1.88. The molecule has 0 saturated heterocycles. The van der Waals surface area contributed by atoms with E-state index in [1.54, 1.807) is 36.8 Å². The molecule has 22 heavy (non-hydrogen) atoms. The number of aromatic nitrogens is 2. The fraction of sp³-hybridized carbons (Fsp3) is 0.0588. The highest BCUT2D eigenvalue weighted by Crippen LogP contribution is 2.20. The highest BCUT2D eigenvalue weighted by Gasteiger charge is 2.09. The van der Waals surface area contributed by atoms with E-state index in [-0.39, 0.29) is 5.75 Å². The maximum atomic E-state index is 9.39. The number of anilines is 1. The lowest BCUT2D eigenvalue weighted by atomic mass is 10.2. The third-order valence-electron chi connectivity index (χ3n) is 3.33. The van der Waals surface area contributed by atoms with E-state index < -0.39 is 0 Å². The molecule has 3 rings (SSSR count). The maximum absolute atomic E-state index is 9.39. The Kier molecular flexibility index (Phi) is 3.75. The number of hydrogen-bond donors (Lipinski definition) is 1. The number of nitriles is 1. The van der Waals surface area contributed by atoms with Crippen molar-refractivity contribution in [3.63, 3.8) is 0 Å². The first-order valence-corrected chi connectivity index (χ1v) is 6.80. The van der Waals surface area contributed by atoms with Gasteiger partial charge in [0.15, 0.2) is 0 Å². The van der Waals surface area contributed by atoms with Crippen LogP contribution in [-0.2, 0) is 6.54 Å². The normalized spacial score (nSPS) is 10.1. The third-order valence-corrected chi connectivity index (χ3v) is 3.33. The molecular weight excluding hydrogens is 276 g/mol. The van der Waals surface area contributed by atoms with Crippen molar-refractivity contribution < 1.29 is 5.11 Å². The van der Waals surface area contributed by atoms with Gasteiger partial charge in [-0.2, -0.15) is 5.26 Å². The predicted octanol–water partition coefficient (Wildman–Crippen LogP) is 2.93. The second-order valence-corrected chi connectivity index (χ2v) is 4.83. The summed E-state index contributed by atoms with van der Waals surface area (Å²) in [5.41, 5.74) is 2.62. The van der Waals surface area contributed by atoms with Crippen molar-refractivity contribution in [1.82, 2.24) is 9.66 Å². The lowest BCUT2D eigenvalue weighted by Gasteiger charge is -2.25. The number of aromatic hydroxyl groups is 1. The zero-order valence-electron chi connectivity index (χ0n) is 11.8. The van der Waals surface area contributed by atoms with Crippen molar-refractivity contribution in [2.75, 3.05) is 5.01 Å². The number of imidazole rings is 1. The molecule has 2 aromatic carbocycles. The number of hydrogen-bond acceptors (Lipinski definition) is 4. The summed E-state index contributed by atoms with van der Waals surface area (Å²) in [5.74, 6) is 0.247. The van der Waals surface area contributed by atoms with Gasteiger partial charge in [0.25, 0.3) is 0 Å². The average molecular weight is 290 g/mol. The Balaban J connectivity index is 1.93. The van der Waals surface area contributed by atoms with Gasteiger partial charge in [-0.3, -0.25) is 5.01 Å². The van der Waals surface area contributed by atoms with Gasteiger partial charge in [0.1, 0.15) is 12.1 Å². The van der Waals surface area contributed by atoms with Crippen LogP contribution in [0.2, 0.25) is 0 Å². The lowest BCUT2D eigenvalue weighted by molar-refractivity contribution is 0.475. The fourth-order valence-electron chi connectivity index (χ4n) is 2.18. The van der Waals surface area contributed by atoms with Crippen molar-refractivity contribution >= 4 is 5.69 Å². The zero-order chi connectivity index (χ0) is 15.4. The van der Waals surface area contributed by atoms with E-state index >= 15 is 0 Å². The molecule has 0 fully saturated rings. The Labute approximate surface area is 128 Å². The molecule has 108 valence electrons. The van der Waals surface area contributed by atoms with Crippen LogP contribution in [0, 0.1) is 11.3 Å². The van der Waals surface area contributed by atoms with Crippen LogP contribution in [0.5, 0.6) is 5.75 Å². The minimum atomic E-state index is 0.247. The van der Waals surface area contributed by atoms with Crippen molar-refractivity contribution in [3.8, 4) is 11.8 Å². The lowest BCUT2D eigenvalue weighted by Crippen LogP contribution is -2.27. The van der Waals surface area contributed by atoms with Crippen molar-refractivity contribution in [2.24, 2.45) is 0 Å². The summed E-state index contributed by atoms with van der Waals surface area (Å²) in [6.07, 6.45) is 5.30. The van der Waals surface area contributed by atoms with E-state index in [4.69, 9.17) is 5.26 Å². The Morgan fingerprint density at radius 1 is 1.09 bits per heavy atom. The van der Waals surface area contributed by atoms with Crippen LogP contribution in [0.4, 0.5) is 5.69 Å². The van der Waals surface area contributed by atoms with Gasteiger partial charge < -0.3 is 5.11 Å². The van der Waals surface area contributed by atoms with Gasteiger partial charge in [0.05, 0.1) is 23.9 Å². The molecule has 1 N–H and O–H groups in total. The van der Waals surface area contributed by atoms with Crippen LogP contribution >= 0.6 is 0 Å². The number of phenols is 1. The zero-order valence-corrected chi connectivity index (χ0v) is 11.8. The summed E-state index contributed by atoms with van der Waals surface area (Å²) in [4.78, 5) is 4.09. The van der Waals surface area contributed by atoms with E-state index in [0.29, 0.717) is 12.1 Å². The van der Waals surface area contributed by atoms with Gasteiger partial charge >= 0.3 is 0 Å². The SMILES string of the molecule is N#Cc1ccc(N(Cc2ccc(O)cc2)n2ccnc2)cc1. The number of rotatable bonds is 4. The first kappa shape index (κ1) is 13.7. The summed E-state index contributed by atoms with van der Waals surface area (Å²) in [6.45, 7) is 0.614. The number of benzene rings is 2. The molecule has 0 saturated carbocycles. The van der Waals surface area contributed by atoms with Gasteiger partial charge in [-0.1, -0.05) is 12.1 Å². The van der Waals surface area contributed by atoms with Crippen LogP contribution in [0.15, 0.2) is 67.3 Å². The summed E-state index contributed by atoms with van der Waals surface area (Å²) in [6, 6.07) is 16.6. The molecular formula is C17H14N4O. The molecule has 5 heteroatoms. The summed E-state index contributed by atoms with van der Waals surface area (Å²) in [7, 11) is 0. The Bertz CT molecular complexity index is 771. The standard InChI is InChI=1S/C17H14N4O/c18-11-14-1-5-16(6-2-14)21(20-10-9-19-13-20)12-15-3-7-17(22)8-4-15/h1-10,13,22H,12H2. The second-order valence-electron chi connectivity index (χ2n) is 4.83. The van der Waals surface area contributed by atoms with Crippen molar-refractivity contribution in [2.45, 2.75) is 6.54 Å². The molecule has 0 aliphatic carbocycles. The topological polar surface area (TPSA) is 65.1 Å². The van der Waals surface area contributed by atoms with Crippen LogP contribution in [0.1, 0.15) is 11.1 Å². The van der Waals surface area contributed by atoms with Gasteiger partial charge in [-0.05, 0) is 42.0 Å². The van der Waals surface area contributed by atoms with Gasteiger partial charge in [0, 0.05) is 12.4 Å². The van der Waals surface area contributed by atoms with E-state index in [1.165, 1.54) is 0 Å². The molecule has 0 amide bonds. The minimum absolute atomic E-state index is 0.247. The van der Waals surface area contributed by atoms with Crippen molar-refractivity contribution in [1.29, 1.82) is 5.26 Å². The first-order valence-electron chi connectivity index (χ1n) is 6.80. The average Bonchev–Trinajstić information content (AvgIpc) is 3.09. The summed E-state index contributed by atoms with van der Waals surface area (Å²) >= 11 is 0. The van der Waals surface area contributed by atoms with E-state index in [0.717, 1.165) is 11.3 Å². The van der Waals surface area contributed by atoms with Crippen molar-refractivity contribution in [3.05, 3.63) is 78.4 Å². The number of nitrogens with zero attached hydrogens (tertiary/aromatic N) is 4. The molecule has 0 aliphatic heterocycles. The molecule has 1 heterocycles. The predicted molar refractivity (Wildman–Crippen MR) is 83.1 cm³/mol.